The summed E-state index contributed by atoms with van der Waals surface area (Å²) in [6.45, 7) is 11.6. The number of nitrogens with zero attached hydrogens (tertiary/aromatic N) is 2. The average Bonchev–Trinajstić information content (AvgIpc) is 2.43. The fourth-order valence-corrected chi connectivity index (χ4v) is 3.87. The second-order valence-corrected chi connectivity index (χ2v) is 8.02. The third kappa shape index (κ3) is 6.52. The summed E-state index contributed by atoms with van der Waals surface area (Å²) >= 11 is 2.06. The van der Waals surface area contributed by atoms with Crippen molar-refractivity contribution in [2.24, 2.45) is 4.99 Å². The molecule has 0 aromatic rings. The lowest BCUT2D eigenvalue weighted by Crippen LogP contribution is -2.51. The van der Waals surface area contributed by atoms with Crippen molar-refractivity contribution in [2.45, 2.75) is 50.9 Å². The molecule has 0 amide bonds. The number of guanidine groups is 1. The van der Waals surface area contributed by atoms with Gasteiger partial charge in [-0.2, -0.15) is 11.8 Å². The number of ether oxygens (including phenoxy) is 1. The molecule has 0 aliphatic carbocycles. The highest BCUT2D eigenvalue weighted by molar-refractivity contribution is 14.0. The van der Waals surface area contributed by atoms with Gasteiger partial charge in [0.25, 0.3) is 0 Å². The van der Waals surface area contributed by atoms with Crippen LogP contribution in [-0.4, -0.2) is 60.2 Å². The molecule has 1 atom stereocenters. The summed E-state index contributed by atoms with van der Waals surface area (Å²) in [5.41, 5.74) is 0. The van der Waals surface area contributed by atoms with Gasteiger partial charge >= 0.3 is 0 Å². The van der Waals surface area contributed by atoms with Crippen molar-refractivity contribution < 1.29 is 4.74 Å². The number of thioether (sulfide) groups is 1. The Morgan fingerprint density at radius 1 is 1.43 bits per heavy atom. The molecule has 2 saturated heterocycles. The van der Waals surface area contributed by atoms with Crippen LogP contribution in [0.2, 0.25) is 0 Å². The number of hydrogen-bond acceptors (Lipinski definition) is 3. The van der Waals surface area contributed by atoms with E-state index in [0.29, 0.717) is 10.9 Å². The second kappa shape index (κ2) is 9.45. The molecule has 0 bridgehead atoms. The van der Waals surface area contributed by atoms with Crippen LogP contribution in [0.3, 0.4) is 0 Å². The van der Waals surface area contributed by atoms with E-state index in [2.05, 4.69) is 42.7 Å². The molecule has 2 fully saturated rings. The van der Waals surface area contributed by atoms with Gasteiger partial charge in [0.1, 0.15) is 0 Å². The van der Waals surface area contributed by atoms with Crippen molar-refractivity contribution >= 4 is 41.7 Å². The van der Waals surface area contributed by atoms with E-state index in [9.17, 15) is 0 Å². The predicted octanol–water partition coefficient (Wildman–Crippen LogP) is 2.97. The van der Waals surface area contributed by atoms with Gasteiger partial charge in [0, 0.05) is 36.7 Å². The molecule has 6 heteroatoms. The standard InChI is InChI=1S/C15H29N3OS.HI/c1-4-16-14(17-11-13-7-5-6-9-19-13)18-8-10-20-15(2,3)12-18;/h13H,4-12H2,1-3H3,(H,16,17);1H. The predicted molar refractivity (Wildman–Crippen MR) is 103 cm³/mol. The summed E-state index contributed by atoms with van der Waals surface area (Å²) in [7, 11) is 0. The Hall–Kier alpha value is 0.310. The summed E-state index contributed by atoms with van der Waals surface area (Å²) in [5, 5.41) is 3.44. The minimum Gasteiger partial charge on any atom is -0.376 e. The highest BCUT2D eigenvalue weighted by Gasteiger charge is 2.28. The van der Waals surface area contributed by atoms with Gasteiger partial charge in [-0.1, -0.05) is 0 Å². The first-order valence-electron chi connectivity index (χ1n) is 7.89. The first-order valence-corrected chi connectivity index (χ1v) is 8.88. The van der Waals surface area contributed by atoms with Gasteiger partial charge in [0.15, 0.2) is 5.96 Å². The molecule has 1 unspecified atom stereocenters. The molecule has 0 radical (unpaired) electrons. The molecule has 0 saturated carbocycles. The fraction of sp³-hybridized carbons (Fsp3) is 0.933. The smallest absolute Gasteiger partial charge is 0.194 e. The minimum absolute atomic E-state index is 0. The van der Waals surface area contributed by atoms with Crippen LogP contribution < -0.4 is 5.32 Å². The summed E-state index contributed by atoms with van der Waals surface area (Å²) in [4.78, 5) is 7.23. The number of nitrogens with one attached hydrogen (secondary N) is 1. The summed E-state index contributed by atoms with van der Waals surface area (Å²) in [5.74, 6) is 2.24. The quantitative estimate of drug-likeness (QED) is 0.427. The largest absolute Gasteiger partial charge is 0.376 e. The number of halogens is 1. The third-order valence-electron chi connectivity index (χ3n) is 3.78. The van der Waals surface area contributed by atoms with Gasteiger partial charge < -0.3 is 15.0 Å². The molecule has 0 aromatic heterocycles. The average molecular weight is 427 g/mol. The SMILES string of the molecule is CCNC(=NCC1CCCCO1)N1CCSC(C)(C)C1.I. The van der Waals surface area contributed by atoms with Crippen molar-refractivity contribution in [3.63, 3.8) is 0 Å². The lowest BCUT2D eigenvalue weighted by Gasteiger charge is -2.39. The number of aliphatic imine (C=N–C) groups is 1. The Morgan fingerprint density at radius 3 is 2.86 bits per heavy atom. The summed E-state index contributed by atoms with van der Waals surface area (Å²) < 4.78 is 6.09. The van der Waals surface area contributed by atoms with Crippen LogP contribution in [0.4, 0.5) is 0 Å². The highest BCUT2D eigenvalue weighted by atomic mass is 127. The molecule has 1 N–H and O–H groups in total. The molecule has 2 aliphatic rings. The topological polar surface area (TPSA) is 36.9 Å². The van der Waals surface area contributed by atoms with Crippen molar-refractivity contribution in [1.29, 1.82) is 0 Å². The van der Waals surface area contributed by atoms with Crippen molar-refractivity contribution in [1.82, 2.24) is 10.2 Å². The van der Waals surface area contributed by atoms with E-state index in [0.717, 1.165) is 45.2 Å². The maximum Gasteiger partial charge on any atom is 0.194 e. The fourth-order valence-electron chi connectivity index (χ4n) is 2.76. The van der Waals surface area contributed by atoms with Crippen LogP contribution in [0.1, 0.15) is 40.0 Å². The van der Waals surface area contributed by atoms with E-state index in [4.69, 9.17) is 9.73 Å². The molecule has 2 aliphatic heterocycles. The Morgan fingerprint density at radius 2 is 2.24 bits per heavy atom. The normalized spacial score (nSPS) is 26.1. The van der Waals surface area contributed by atoms with E-state index in [1.807, 2.05) is 0 Å². The zero-order chi connectivity index (χ0) is 14.4. The molecule has 0 spiro atoms. The molecule has 2 heterocycles. The molecule has 0 aromatic carbocycles. The highest BCUT2D eigenvalue weighted by Crippen LogP contribution is 2.29. The second-order valence-electron chi connectivity index (χ2n) is 6.21. The molecule has 21 heavy (non-hydrogen) atoms. The van der Waals surface area contributed by atoms with Gasteiger partial charge in [-0.05, 0) is 40.0 Å². The number of hydrogen-bond donors (Lipinski definition) is 1. The van der Waals surface area contributed by atoms with Crippen LogP contribution in [0.25, 0.3) is 0 Å². The van der Waals surface area contributed by atoms with E-state index in [1.54, 1.807) is 0 Å². The third-order valence-corrected chi connectivity index (χ3v) is 5.08. The van der Waals surface area contributed by atoms with Crippen molar-refractivity contribution in [2.75, 3.05) is 38.5 Å². The zero-order valence-electron chi connectivity index (χ0n) is 13.6. The Bertz CT molecular complexity index is 333. The maximum atomic E-state index is 5.78. The Balaban J connectivity index is 0.00000220. The molecular formula is C15H30IN3OS. The molecule has 2 rings (SSSR count). The van der Waals surface area contributed by atoms with Gasteiger partial charge in [0.2, 0.25) is 0 Å². The molecule has 124 valence electrons. The maximum absolute atomic E-state index is 5.78. The van der Waals surface area contributed by atoms with Gasteiger partial charge in [-0.15, -0.1) is 24.0 Å². The lowest BCUT2D eigenvalue weighted by molar-refractivity contribution is 0.0223. The Kier molecular flexibility index (Phi) is 8.71. The lowest BCUT2D eigenvalue weighted by atomic mass is 10.1. The van der Waals surface area contributed by atoms with Gasteiger partial charge in [-0.25, -0.2) is 0 Å². The first kappa shape index (κ1) is 19.4. The van der Waals surface area contributed by atoms with Crippen LogP contribution >= 0.6 is 35.7 Å². The molecular weight excluding hydrogens is 397 g/mol. The van der Waals surface area contributed by atoms with E-state index in [1.165, 1.54) is 18.6 Å². The van der Waals surface area contributed by atoms with E-state index < -0.39 is 0 Å². The minimum atomic E-state index is 0. The van der Waals surface area contributed by atoms with Gasteiger partial charge in [0.05, 0.1) is 12.6 Å². The number of rotatable bonds is 3. The van der Waals surface area contributed by atoms with Crippen LogP contribution in [0, 0.1) is 0 Å². The van der Waals surface area contributed by atoms with Crippen molar-refractivity contribution in [3.8, 4) is 0 Å². The molecule has 4 nitrogen and oxygen atoms in total. The summed E-state index contributed by atoms with van der Waals surface area (Å²) in [6.07, 6.45) is 3.97. The first-order chi connectivity index (χ1) is 9.61. The van der Waals surface area contributed by atoms with Crippen LogP contribution in [0.5, 0.6) is 0 Å². The Labute approximate surface area is 150 Å². The van der Waals surface area contributed by atoms with Crippen LogP contribution in [-0.2, 0) is 4.74 Å². The van der Waals surface area contributed by atoms with E-state index in [-0.39, 0.29) is 24.0 Å². The van der Waals surface area contributed by atoms with Crippen molar-refractivity contribution in [3.05, 3.63) is 0 Å². The summed E-state index contributed by atoms with van der Waals surface area (Å²) in [6, 6.07) is 0. The monoisotopic (exact) mass is 427 g/mol. The zero-order valence-corrected chi connectivity index (χ0v) is 16.7. The van der Waals surface area contributed by atoms with Gasteiger partial charge in [-0.3, -0.25) is 4.99 Å². The van der Waals surface area contributed by atoms with E-state index >= 15 is 0 Å². The van der Waals surface area contributed by atoms with Crippen LogP contribution in [0.15, 0.2) is 4.99 Å².